The van der Waals surface area contributed by atoms with Crippen LogP contribution in [0.15, 0.2) is 16.5 Å². The van der Waals surface area contributed by atoms with Gasteiger partial charge in [0.15, 0.2) is 5.22 Å². The van der Waals surface area contributed by atoms with Gasteiger partial charge in [-0.15, -0.1) is 11.8 Å². The predicted molar refractivity (Wildman–Crippen MR) is 51.7 cm³/mol. The fraction of sp³-hybridized carbons (Fsp3) is 0.500. The monoisotopic (exact) mass is 203 g/mol. The Morgan fingerprint density at radius 2 is 2.42 bits per heavy atom. The highest BCUT2D eigenvalue weighted by molar-refractivity contribution is 7.99. The Labute approximate surface area is 80.7 Å². The summed E-state index contributed by atoms with van der Waals surface area (Å²) in [5.41, 5.74) is 0. The molecular weight excluding hydrogens is 194 g/mol. The first-order chi connectivity index (χ1) is 5.84. The molecule has 0 bridgehead atoms. The van der Waals surface area contributed by atoms with E-state index < -0.39 is 0 Å². The van der Waals surface area contributed by atoms with E-state index in [0.717, 1.165) is 29.9 Å². The third kappa shape index (κ3) is 1.97. The number of halogens is 1. The van der Waals surface area contributed by atoms with Crippen LogP contribution in [-0.2, 0) is 5.75 Å². The first kappa shape index (κ1) is 8.48. The smallest absolute Gasteiger partial charge is 0.193 e. The molecule has 0 saturated carbocycles. The van der Waals surface area contributed by atoms with E-state index in [-0.39, 0.29) is 0 Å². The molecule has 0 radical (unpaired) electrons. The van der Waals surface area contributed by atoms with Crippen LogP contribution < -0.4 is 5.32 Å². The molecule has 1 fully saturated rings. The Kier molecular flexibility index (Phi) is 2.63. The minimum absolute atomic E-state index is 0.484. The molecular formula is C8H10ClNOS. The van der Waals surface area contributed by atoms with Crippen LogP contribution in [0.2, 0.25) is 5.22 Å². The zero-order chi connectivity index (χ0) is 8.39. The normalized spacial score (nSPS) is 17.8. The average molecular weight is 204 g/mol. The van der Waals surface area contributed by atoms with E-state index in [0.29, 0.717) is 5.22 Å². The number of furan rings is 1. The third-order valence-corrected chi connectivity index (χ3v) is 3.29. The molecule has 0 spiro atoms. The van der Waals surface area contributed by atoms with Crippen molar-refractivity contribution in [2.75, 3.05) is 13.1 Å². The zero-order valence-electron chi connectivity index (χ0n) is 6.55. The van der Waals surface area contributed by atoms with Crippen molar-refractivity contribution in [3.63, 3.8) is 0 Å². The highest BCUT2D eigenvalue weighted by Crippen LogP contribution is 2.23. The number of nitrogens with one attached hydrogen (secondary N) is 1. The van der Waals surface area contributed by atoms with Gasteiger partial charge in [0.05, 0.1) is 5.75 Å². The van der Waals surface area contributed by atoms with E-state index in [9.17, 15) is 0 Å². The summed E-state index contributed by atoms with van der Waals surface area (Å²) in [6.07, 6.45) is 0. The van der Waals surface area contributed by atoms with Gasteiger partial charge in [-0.3, -0.25) is 0 Å². The quantitative estimate of drug-likeness (QED) is 0.815. The second-order valence-electron chi connectivity index (χ2n) is 2.80. The molecule has 12 heavy (non-hydrogen) atoms. The van der Waals surface area contributed by atoms with Gasteiger partial charge in [-0.25, -0.2) is 0 Å². The first-order valence-electron chi connectivity index (χ1n) is 3.91. The lowest BCUT2D eigenvalue weighted by atomic mass is 10.3. The van der Waals surface area contributed by atoms with E-state index >= 15 is 0 Å². The van der Waals surface area contributed by atoms with E-state index in [1.807, 2.05) is 17.8 Å². The lowest BCUT2D eigenvalue weighted by Crippen LogP contribution is -2.44. The summed E-state index contributed by atoms with van der Waals surface area (Å²) in [5.74, 6) is 1.90. The average Bonchev–Trinajstić information content (AvgIpc) is 2.32. The predicted octanol–water partition coefficient (Wildman–Crippen LogP) is 2.14. The van der Waals surface area contributed by atoms with Crippen LogP contribution in [0.1, 0.15) is 5.76 Å². The number of hydrogen-bond acceptors (Lipinski definition) is 3. The van der Waals surface area contributed by atoms with Gasteiger partial charge in [0, 0.05) is 18.3 Å². The molecule has 0 unspecified atom stereocenters. The van der Waals surface area contributed by atoms with Crippen LogP contribution in [0.4, 0.5) is 0 Å². The summed E-state index contributed by atoms with van der Waals surface area (Å²) in [6.45, 7) is 2.25. The largest absolute Gasteiger partial charge is 0.449 e. The lowest BCUT2D eigenvalue weighted by molar-refractivity contribution is 0.525. The van der Waals surface area contributed by atoms with Crippen molar-refractivity contribution in [1.29, 1.82) is 0 Å². The Balaban J connectivity index is 1.79. The van der Waals surface area contributed by atoms with Gasteiger partial charge in [-0.05, 0) is 23.7 Å². The van der Waals surface area contributed by atoms with Gasteiger partial charge >= 0.3 is 0 Å². The summed E-state index contributed by atoms with van der Waals surface area (Å²) >= 11 is 7.55. The maximum Gasteiger partial charge on any atom is 0.193 e. The molecule has 66 valence electrons. The van der Waals surface area contributed by atoms with E-state index in [4.69, 9.17) is 16.0 Å². The molecule has 0 amide bonds. The minimum atomic E-state index is 0.484. The van der Waals surface area contributed by atoms with Gasteiger partial charge in [-0.2, -0.15) is 0 Å². The van der Waals surface area contributed by atoms with Crippen LogP contribution in [0, 0.1) is 0 Å². The van der Waals surface area contributed by atoms with Gasteiger partial charge in [-0.1, -0.05) is 0 Å². The van der Waals surface area contributed by atoms with Crippen molar-refractivity contribution in [1.82, 2.24) is 5.32 Å². The van der Waals surface area contributed by atoms with Crippen LogP contribution in [0.5, 0.6) is 0 Å². The topological polar surface area (TPSA) is 25.2 Å². The van der Waals surface area contributed by atoms with Crippen LogP contribution in [-0.4, -0.2) is 18.3 Å². The fourth-order valence-electron chi connectivity index (χ4n) is 1.01. The fourth-order valence-corrected chi connectivity index (χ4v) is 2.20. The van der Waals surface area contributed by atoms with Crippen molar-refractivity contribution in [2.24, 2.45) is 0 Å². The molecule has 1 aliphatic rings. The summed E-state index contributed by atoms with van der Waals surface area (Å²) in [6, 6.07) is 3.72. The highest BCUT2D eigenvalue weighted by Gasteiger charge is 2.17. The zero-order valence-corrected chi connectivity index (χ0v) is 8.12. The van der Waals surface area contributed by atoms with Gasteiger partial charge in [0.1, 0.15) is 5.76 Å². The third-order valence-electron chi connectivity index (χ3n) is 1.83. The highest BCUT2D eigenvalue weighted by atomic mass is 35.5. The van der Waals surface area contributed by atoms with Crippen LogP contribution >= 0.6 is 23.4 Å². The molecule has 1 aliphatic heterocycles. The van der Waals surface area contributed by atoms with Crippen LogP contribution in [0.3, 0.4) is 0 Å². The van der Waals surface area contributed by atoms with Crippen LogP contribution in [0.25, 0.3) is 0 Å². The molecule has 2 rings (SSSR count). The molecule has 0 aromatic carbocycles. The van der Waals surface area contributed by atoms with Gasteiger partial charge in [0.25, 0.3) is 0 Å². The van der Waals surface area contributed by atoms with Crippen molar-refractivity contribution < 1.29 is 4.42 Å². The molecule has 4 heteroatoms. The van der Waals surface area contributed by atoms with Gasteiger partial charge in [0.2, 0.25) is 0 Å². The van der Waals surface area contributed by atoms with E-state index in [1.165, 1.54) is 0 Å². The molecule has 2 heterocycles. The summed E-state index contributed by atoms with van der Waals surface area (Å²) < 4.78 is 5.23. The molecule has 0 aliphatic carbocycles. The number of rotatable bonds is 3. The first-order valence-corrected chi connectivity index (χ1v) is 5.34. The maximum absolute atomic E-state index is 5.64. The van der Waals surface area contributed by atoms with Crippen molar-refractivity contribution in [2.45, 2.75) is 11.0 Å². The molecule has 0 atom stereocenters. The Bertz CT molecular complexity index is 259. The van der Waals surface area contributed by atoms with E-state index in [2.05, 4.69) is 5.32 Å². The molecule has 1 aromatic heterocycles. The molecule has 1 N–H and O–H groups in total. The summed E-state index contributed by atoms with van der Waals surface area (Å²) in [5, 5.41) is 4.47. The van der Waals surface area contributed by atoms with Crippen molar-refractivity contribution >= 4 is 23.4 Å². The Morgan fingerprint density at radius 1 is 1.58 bits per heavy atom. The molecule has 1 saturated heterocycles. The Morgan fingerprint density at radius 3 is 2.92 bits per heavy atom. The van der Waals surface area contributed by atoms with Crippen molar-refractivity contribution in [3.8, 4) is 0 Å². The molecule has 2 nitrogen and oxygen atoms in total. The molecule has 1 aromatic rings. The van der Waals surface area contributed by atoms with E-state index in [1.54, 1.807) is 6.07 Å². The lowest BCUT2D eigenvalue weighted by Gasteiger charge is -2.25. The number of hydrogen-bond donors (Lipinski definition) is 1. The van der Waals surface area contributed by atoms with Gasteiger partial charge < -0.3 is 9.73 Å². The summed E-state index contributed by atoms with van der Waals surface area (Å²) in [7, 11) is 0. The maximum atomic E-state index is 5.64. The second kappa shape index (κ2) is 3.73. The second-order valence-corrected chi connectivity index (χ2v) is 4.46. The number of thioether (sulfide) groups is 1. The minimum Gasteiger partial charge on any atom is -0.449 e. The SMILES string of the molecule is Clc1ccc(CSC2CNC2)o1. The summed E-state index contributed by atoms with van der Waals surface area (Å²) in [4.78, 5) is 0. The standard InChI is InChI=1S/C8H10ClNOS/c9-8-2-1-6(11-8)5-12-7-3-10-4-7/h1-2,7,10H,3-5H2. The Hall–Kier alpha value is -0.120. The van der Waals surface area contributed by atoms with Crippen molar-refractivity contribution in [3.05, 3.63) is 23.1 Å².